The maximum absolute atomic E-state index is 5.48. The highest BCUT2D eigenvalue weighted by Crippen LogP contribution is 2.22. The Kier molecular flexibility index (Phi) is 7.41. The molecule has 3 nitrogen and oxygen atoms in total. The van der Waals surface area contributed by atoms with E-state index in [1.165, 1.54) is 3.57 Å². The number of benzene rings is 1. The molecule has 0 aliphatic rings. The van der Waals surface area contributed by atoms with Gasteiger partial charge in [0.2, 0.25) is 0 Å². The largest absolute Gasteiger partial charge is 0.379 e. The van der Waals surface area contributed by atoms with Crippen molar-refractivity contribution in [3.63, 3.8) is 0 Å². The molecule has 1 rings (SSSR count). The molecule has 0 fully saturated rings. The molecule has 0 amide bonds. The third-order valence-corrected chi connectivity index (χ3v) is 3.53. The minimum Gasteiger partial charge on any atom is -0.379 e. The van der Waals surface area contributed by atoms with Gasteiger partial charge in [-0.05, 0) is 54.6 Å². The third kappa shape index (κ3) is 5.54. The molecule has 0 bridgehead atoms. The first-order chi connectivity index (χ1) is 8.17. The number of hydrogen-bond acceptors (Lipinski definition) is 3. The van der Waals surface area contributed by atoms with Gasteiger partial charge in [-0.25, -0.2) is 0 Å². The molecule has 96 valence electrons. The van der Waals surface area contributed by atoms with E-state index in [0.29, 0.717) is 19.8 Å². The van der Waals surface area contributed by atoms with Crippen molar-refractivity contribution in [3.8, 4) is 0 Å². The van der Waals surface area contributed by atoms with Crippen LogP contribution in [0.4, 0.5) is 5.69 Å². The van der Waals surface area contributed by atoms with E-state index in [-0.39, 0.29) is 6.29 Å². The van der Waals surface area contributed by atoms with Crippen LogP contribution in [0.5, 0.6) is 0 Å². The minimum absolute atomic E-state index is 0.195. The highest BCUT2D eigenvalue weighted by atomic mass is 127. The van der Waals surface area contributed by atoms with Crippen molar-refractivity contribution in [1.82, 2.24) is 0 Å². The van der Waals surface area contributed by atoms with Crippen molar-refractivity contribution in [3.05, 3.63) is 26.2 Å². The average molecular weight is 414 g/mol. The highest BCUT2D eigenvalue weighted by molar-refractivity contribution is 14.1. The lowest BCUT2D eigenvalue weighted by Crippen LogP contribution is -2.26. The Labute approximate surface area is 125 Å². The summed E-state index contributed by atoms with van der Waals surface area (Å²) >= 11 is 5.76. The Morgan fingerprint density at radius 3 is 2.53 bits per heavy atom. The third-order valence-electron chi connectivity index (χ3n) is 2.09. The SMILES string of the molecule is CCOC(CNc1cc(Br)ccc1I)OCC. The first-order valence-corrected chi connectivity index (χ1v) is 7.46. The molecular formula is C12H17BrINO2. The molecular weight excluding hydrogens is 397 g/mol. The second-order valence-corrected chi connectivity index (χ2v) is 5.42. The summed E-state index contributed by atoms with van der Waals surface area (Å²) in [5.41, 5.74) is 1.09. The Morgan fingerprint density at radius 2 is 1.94 bits per heavy atom. The number of hydrogen-bond donors (Lipinski definition) is 1. The second-order valence-electron chi connectivity index (χ2n) is 3.35. The average Bonchev–Trinajstić information content (AvgIpc) is 2.30. The molecule has 0 saturated carbocycles. The number of nitrogens with one attached hydrogen (secondary N) is 1. The molecule has 0 saturated heterocycles. The number of ether oxygens (including phenoxy) is 2. The molecule has 0 aromatic heterocycles. The van der Waals surface area contributed by atoms with Gasteiger partial charge < -0.3 is 14.8 Å². The fourth-order valence-electron chi connectivity index (χ4n) is 1.36. The Bertz CT molecular complexity index is 343. The van der Waals surface area contributed by atoms with Gasteiger partial charge in [0.05, 0.1) is 6.54 Å². The van der Waals surface area contributed by atoms with Gasteiger partial charge in [-0.1, -0.05) is 15.9 Å². The van der Waals surface area contributed by atoms with E-state index in [1.54, 1.807) is 0 Å². The van der Waals surface area contributed by atoms with Gasteiger partial charge >= 0.3 is 0 Å². The fraction of sp³-hybridized carbons (Fsp3) is 0.500. The lowest BCUT2D eigenvalue weighted by Gasteiger charge is -2.18. The summed E-state index contributed by atoms with van der Waals surface area (Å²) in [4.78, 5) is 0. The molecule has 0 aliphatic heterocycles. The van der Waals surface area contributed by atoms with E-state index in [9.17, 15) is 0 Å². The first-order valence-electron chi connectivity index (χ1n) is 5.59. The lowest BCUT2D eigenvalue weighted by atomic mass is 10.3. The lowest BCUT2D eigenvalue weighted by molar-refractivity contribution is -0.126. The Morgan fingerprint density at radius 1 is 1.29 bits per heavy atom. The fourth-order valence-corrected chi connectivity index (χ4v) is 2.25. The molecule has 1 N–H and O–H groups in total. The molecule has 0 spiro atoms. The molecule has 1 aromatic rings. The summed E-state index contributed by atoms with van der Waals surface area (Å²) in [7, 11) is 0. The summed E-state index contributed by atoms with van der Waals surface area (Å²) in [5.74, 6) is 0. The summed E-state index contributed by atoms with van der Waals surface area (Å²) in [6.45, 7) is 5.89. The molecule has 0 unspecified atom stereocenters. The predicted molar refractivity (Wildman–Crippen MR) is 82.4 cm³/mol. The van der Waals surface area contributed by atoms with Crippen molar-refractivity contribution in [2.75, 3.05) is 25.1 Å². The molecule has 0 aliphatic carbocycles. The summed E-state index contributed by atoms with van der Waals surface area (Å²) in [6.07, 6.45) is -0.195. The van der Waals surface area contributed by atoms with Crippen LogP contribution in [0.25, 0.3) is 0 Å². The van der Waals surface area contributed by atoms with Crippen LogP contribution in [0.1, 0.15) is 13.8 Å². The van der Waals surface area contributed by atoms with Gasteiger partial charge in [0.15, 0.2) is 6.29 Å². The first kappa shape index (κ1) is 15.2. The minimum atomic E-state index is -0.195. The Balaban J connectivity index is 2.55. The normalized spacial score (nSPS) is 10.9. The van der Waals surface area contributed by atoms with Gasteiger partial charge in [0.25, 0.3) is 0 Å². The van der Waals surface area contributed by atoms with Crippen LogP contribution in [-0.2, 0) is 9.47 Å². The summed E-state index contributed by atoms with van der Waals surface area (Å²) in [6, 6.07) is 6.13. The molecule has 0 heterocycles. The van der Waals surface area contributed by atoms with Crippen LogP contribution in [0.3, 0.4) is 0 Å². The zero-order chi connectivity index (χ0) is 12.7. The van der Waals surface area contributed by atoms with Crippen molar-refractivity contribution in [2.45, 2.75) is 20.1 Å². The van der Waals surface area contributed by atoms with Crippen molar-refractivity contribution in [2.24, 2.45) is 0 Å². The monoisotopic (exact) mass is 413 g/mol. The van der Waals surface area contributed by atoms with E-state index in [0.717, 1.165) is 10.2 Å². The highest BCUT2D eigenvalue weighted by Gasteiger charge is 2.08. The van der Waals surface area contributed by atoms with E-state index in [1.807, 2.05) is 19.9 Å². The van der Waals surface area contributed by atoms with E-state index >= 15 is 0 Å². The summed E-state index contributed by atoms with van der Waals surface area (Å²) < 4.78 is 13.2. The van der Waals surface area contributed by atoms with E-state index < -0.39 is 0 Å². The standard InChI is InChI=1S/C12H17BrINO2/c1-3-16-12(17-4-2)8-15-11-7-9(13)5-6-10(11)14/h5-7,12,15H,3-4,8H2,1-2H3. The summed E-state index contributed by atoms with van der Waals surface area (Å²) in [5, 5.41) is 3.34. The van der Waals surface area contributed by atoms with Crippen LogP contribution in [0.2, 0.25) is 0 Å². The van der Waals surface area contributed by atoms with Crippen LogP contribution in [0.15, 0.2) is 22.7 Å². The van der Waals surface area contributed by atoms with Crippen LogP contribution in [-0.4, -0.2) is 26.0 Å². The molecule has 0 radical (unpaired) electrons. The maximum Gasteiger partial charge on any atom is 0.174 e. The van der Waals surface area contributed by atoms with Gasteiger partial charge in [0, 0.05) is 26.9 Å². The van der Waals surface area contributed by atoms with Gasteiger partial charge in [-0.3, -0.25) is 0 Å². The predicted octanol–water partition coefficient (Wildman–Crippen LogP) is 3.86. The second kappa shape index (κ2) is 8.29. The zero-order valence-electron chi connectivity index (χ0n) is 10.0. The molecule has 5 heteroatoms. The maximum atomic E-state index is 5.48. The van der Waals surface area contributed by atoms with E-state index in [2.05, 4.69) is 56.0 Å². The Hall–Kier alpha value is 0.150. The van der Waals surface area contributed by atoms with Gasteiger partial charge in [-0.2, -0.15) is 0 Å². The number of halogens is 2. The van der Waals surface area contributed by atoms with E-state index in [4.69, 9.17) is 9.47 Å². The van der Waals surface area contributed by atoms with Crippen molar-refractivity contribution < 1.29 is 9.47 Å². The number of rotatable bonds is 7. The molecule has 0 atom stereocenters. The van der Waals surface area contributed by atoms with Gasteiger partial charge in [-0.15, -0.1) is 0 Å². The molecule has 1 aromatic carbocycles. The number of anilines is 1. The topological polar surface area (TPSA) is 30.5 Å². The van der Waals surface area contributed by atoms with Gasteiger partial charge in [0.1, 0.15) is 0 Å². The van der Waals surface area contributed by atoms with Crippen LogP contribution >= 0.6 is 38.5 Å². The zero-order valence-corrected chi connectivity index (χ0v) is 13.7. The smallest absolute Gasteiger partial charge is 0.174 e. The van der Waals surface area contributed by atoms with Crippen molar-refractivity contribution >= 4 is 44.2 Å². The van der Waals surface area contributed by atoms with Crippen molar-refractivity contribution in [1.29, 1.82) is 0 Å². The van der Waals surface area contributed by atoms with Crippen LogP contribution in [0, 0.1) is 3.57 Å². The molecule has 17 heavy (non-hydrogen) atoms. The van der Waals surface area contributed by atoms with Crippen LogP contribution < -0.4 is 5.32 Å². The quantitative estimate of drug-likeness (QED) is 0.543.